The van der Waals surface area contributed by atoms with E-state index in [-0.39, 0.29) is 11.7 Å². The zero-order valence-corrected chi connectivity index (χ0v) is 17.1. The molecule has 1 aliphatic heterocycles. The maximum atomic E-state index is 14.4. The van der Waals surface area contributed by atoms with E-state index >= 15 is 0 Å². The highest BCUT2D eigenvalue weighted by atomic mass is 32.2. The number of para-hydroxylation sites is 1. The predicted octanol–water partition coefficient (Wildman–Crippen LogP) is 4.97. The molecule has 150 valence electrons. The van der Waals surface area contributed by atoms with Gasteiger partial charge in [0, 0.05) is 18.0 Å². The Morgan fingerprint density at radius 1 is 0.931 bits per heavy atom. The molecule has 6 heteroatoms. The summed E-state index contributed by atoms with van der Waals surface area (Å²) in [6, 6.07) is 15.6. The van der Waals surface area contributed by atoms with Gasteiger partial charge in [-0.3, -0.25) is 9.59 Å². The third-order valence-corrected chi connectivity index (χ3v) is 6.63. The molecule has 0 bridgehead atoms. The van der Waals surface area contributed by atoms with Crippen molar-refractivity contribution in [3.8, 4) is 0 Å². The first-order valence-corrected chi connectivity index (χ1v) is 10.7. The number of carbonyl (C=O) groups is 2. The SMILES string of the molecule is CN(C1=C(Sc2ccccc2)C(=O)N(c2ccccc2F)C1=O)C1CCCCC1. The van der Waals surface area contributed by atoms with Gasteiger partial charge >= 0.3 is 0 Å². The third-order valence-electron chi connectivity index (χ3n) is 5.55. The van der Waals surface area contributed by atoms with Crippen LogP contribution in [0.1, 0.15) is 32.1 Å². The van der Waals surface area contributed by atoms with Crippen LogP contribution in [0.5, 0.6) is 0 Å². The number of likely N-dealkylation sites (N-methyl/N-ethyl adjacent to an activating group) is 1. The van der Waals surface area contributed by atoms with Gasteiger partial charge in [0.25, 0.3) is 11.8 Å². The third kappa shape index (κ3) is 3.81. The number of hydrogen-bond acceptors (Lipinski definition) is 4. The minimum absolute atomic E-state index is 0.000654. The highest BCUT2D eigenvalue weighted by Crippen LogP contribution is 2.40. The molecule has 2 aliphatic rings. The minimum atomic E-state index is -0.583. The topological polar surface area (TPSA) is 40.6 Å². The lowest BCUT2D eigenvalue weighted by Gasteiger charge is -2.33. The van der Waals surface area contributed by atoms with Crippen LogP contribution in [-0.4, -0.2) is 29.8 Å². The van der Waals surface area contributed by atoms with E-state index in [1.54, 1.807) is 12.1 Å². The molecule has 2 amide bonds. The fourth-order valence-corrected chi connectivity index (χ4v) is 5.05. The number of amides is 2. The molecule has 0 radical (unpaired) electrons. The van der Waals surface area contributed by atoms with Crippen LogP contribution in [0, 0.1) is 5.82 Å². The Bertz CT molecular complexity index is 954. The summed E-state index contributed by atoms with van der Waals surface area (Å²) in [6.07, 6.45) is 5.41. The monoisotopic (exact) mass is 410 g/mol. The van der Waals surface area contributed by atoms with E-state index < -0.39 is 17.6 Å². The van der Waals surface area contributed by atoms with Gasteiger partial charge in [-0.2, -0.15) is 0 Å². The largest absolute Gasteiger partial charge is 0.366 e. The highest BCUT2D eigenvalue weighted by molar-refractivity contribution is 8.04. The van der Waals surface area contributed by atoms with Crippen LogP contribution in [0.2, 0.25) is 0 Å². The Morgan fingerprint density at radius 2 is 1.59 bits per heavy atom. The lowest BCUT2D eigenvalue weighted by atomic mass is 9.94. The molecule has 0 spiro atoms. The minimum Gasteiger partial charge on any atom is -0.366 e. The molecular formula is C23H23FN2O2S. The number of benzene rings is 2. The fraction of sp³-hybridized carbons (Fsp3) is 0.304. The summed E-state index contributed by atoms with van der Waals surface area (Å²) >= 11 is 1.27. The lowest BCUT2D eigenvalue weighted by Crippen LogP contribution is -2.39. The molecule has 0 atom stereocenters. The van der Waals surface area contributed by atoms with Gasteiger partial charge in [0.1, 0.15) is 16.4 Å². The zero-order valence-electron chi connectivity index (χ0n) is 16.3. The summed E-state index contributed by atoms with van der Waals surface area (Å²) in [5, 5.41) is 0. The molecule has 1 aliphatic carbocycles. The molecule has 1 saturated carbocycles. The van der Waals surface area contributed by atoms with Crippen LogP contribution in [0.15, 0.2) is 70.1 Å². The standard InChI is InChI=1S/C23H23FN2O2S/c1-25(16-10-4-2-5-11-16)20-21(29-17-12-6-3-7-13-17)23(28)26(22(20)27)19-15-9-8-14-18(19)24/h3,6-9,12-16H,2,4-5,10-11H2,1H3. The van der Waals surface area contributed by atoms with Crippen LogP contribution < -0.4 is 4.90 Å². The molecule has 0 saturated heterocycles. The molecule has 1 heterocycles. The Hall–Kier alpha value is -2.60. The Balaban J connectivity index is 1.75. The van der Waals surface area contributed by atoms with Gasteiger partial charge in [-0.1, -0.05) is 61.4 Å². The predicted molar refractivity (Wildman–Crippen MR) is 113 cm³/mol. The van der Waals surface area contributed by atoms with Crippen molar-refractivity contribution in [2.75, 3.05) is 11.9 Å². The molecule has 2 aromatic carbocycles. The zero-order chi connectivity index (χ0) is 20.4. The van der Waals surface area contributed by atoms with Crippen molar-refractivity contribution < 1.29 is 14.0 Å². The average Bonchev–Trinajstić information content (AvgIpc) is 2.99. The molecule has 4 nitrogen and oxygen atoms in total. The highest BCUT2D eigenvalue weighted by Gasteiger charge is 2.43. The quantitative estimate of drug-likeness (QED) is 0.653. The molecule has 1 fully saturated rings. The van der Waals surface area contributed by atoms with Crippen molar-refractivity contribution in [1.29, 1.82) is 0 Å². The smallest absolute Gasteiger partial charge is 0.283 e. The molecule has 0 unspecified atom stereocenters. The first kappa shape index (κ1) is 19.7. The van der Waals surface area contributed by atoms with Crippen LogP contribution in [0.3, 0.4) is 0 Å². The van der Waals surface area contributed by atoms with E-state index in [0.29, 0.717) is 10.6 Å². The molecule has 4 rings (SSSR count). The van der Waals surface area contributed by atoms with Gasteiger partial charge in [0.2, 0.25) is 0 Å². The van der Waals surface area contributed by atoms with Crippen LogP contribution in [0.4, 0.5) is 10.1 Å². The first-order chi connectivity index (χ1) is 14.1. The maximum absolute atomic E-state index is 14.4. The van der Waals surface area contributed by atoms with Crippen molar-refractivity contribution in [3.05, 3.63) is 71.0 Å². The number of imide groups is 1. The van der Waals surface area contributed by atoms with Gasteiger partial charge in [-0.05, 0) is 37.1 Å². The Kier molecular flexibility index (Phi) is 5.72. The normalized spacial score (nSPS) is 17.9. The summed E-state index contributed by atoms with van der Waals surface area (Å²) in [5.74, 6) is -1.50. The summed E-state index contributed by atoms with van der Waals surface area (Å²) in [5.41, 5.74) is 0.375. The first-order valence-electron chi connectivity index (χ1n) is 9.91. The number of anilines is 1. The van der Waals surface area contributed by atoms with Gasteiger partial charge in [-0.15, -0.1) is 0 Å². The molecule has 0 aromatic heterocycles. The second-order valence-corrected chi connectivity index (χ2v) is 8.48. The van der Waals surface area contributed by atoms with Gasteiger partial charge in [-0.25, -0.2) is 9.29 Å². The summed E-state index contributed by atoms with van der Waals surface area (Å²) in [4.78, 5) is 30.8. The van der Waals surface area contributed by atoms with E-state index in [1.165, 1.54) is 30.3 Å². The number of hydrogen-bond donors (Lipinski definition) is 0. The molecule has 29 heavy (non-hydrogen) atoms. The van der Waals surface area contributed by atoms with Crippen molar-refractivity contribution in [2.24, 2.45) is 0 Å². The van der Waals surface area contributed by atoms with Gasteiger partial charge in [0.05, 0.1) is 5.69 Å². The number of carbonyl (C=O) groups excluding carboxylic acids is 2. The molecule has 0 N–H and O–H groups in total. The van der Waals surface area contributed by atoms with E-state index in [1.807, 2.05) is 42.3 Å². The summed E-state index contributed by atoms with van der Waals surface area (Å²) in [6.45, 7) is 0. The molecular weight excluding hydrogens is 387 g/mol. The Morgan fingerprint density at radius 3 is 2.28 bits per heavy atom. The fourth-order valence-electron chi connectivity index (χ4n) is 4.01. The molecule has 2 aromatic rings. The number of rotatable bonds is 5. The van der Waals surface area contributed by atoms with Crippen LogP contribution in [-0.2, 0) is 9.59 Å². The summed E-state index contributed by atoms with van der Waals surface area (Å²) < 4.78 is 14.4. The Labute approximate surface area is 174 Å². The van der Waals surface area contributed by atoms with Gasteiger partial charge < -0.3 is 4.90 Å². The second-order valence-electron chi connectivity index (χ2n) is 7.39. The van der Waals surface area contributed by atoms with E-state index in [9.17, 15) is 14.0 Å². The summed E-state index contributed by atoms with van der Waals surface area (Å²) in [7, 11) is 1.88. The lowest BCUT2D eigenvalue weighted by molar-refractivity contribution is -0.121. The van der Waals surface area contributed by atoms with E-state index in [2.05, 4.69) is 0 Å². The number of thioether (sulfide) groups is 1. The van der Waals surface area contributed by atoms with E-state index in [4.69, 9.17) is 0 Å². The van der Waals surface area contributed by atoms with Crippen LogP contribution >= 0.6 is 11.8 Å². The maximum Gasteiger partial charge on any atom is 0.283 e. The van der Waals surface area contributed by atoms with Crippen molar-refractivity contribution in [3.63, 3.8) is 0 Å². The second kappa shape index (κ2) is 8.41. The number of halogens is 1. The number of nitrogens with zero attached hydrogens (tertiary/aromatic N) is 2. The van der Waals surface area contributed by atoms with Crippen molar-refractivity contribution in [1.82, 2.24) is 4.90 Å². The van der Waals surface area contributed by atoms with E-state index in [0.717, 1.165) is 35.5 Å². The van der Waals surface area contributed by atoms with Crippen LogP contribution in [0.25, 0.3) is 0 Å². The van der Waals surface area contributed by atoms with Crippen molar-refractivity contribution in [2.45, 2.75) is 43.0 Å². The van der Waals surface area contributed by atoms with Crippen molar-refractivity contribution >= 4 is 29.3 Å². The van der Waals surface area contributed by atoms with Gasteiger partial charge in [0.15, 0.2) is 0 Å². The average molecular weight is 411 g/mol.